The number of hydrogen-bond acceptors (Lipinski definition) is 5. The summed E-state index contributed by atoms with van der Waals surface area (Å²) < 4.78 is 5.75. The van der Waals surface area contributed by atoms with Gasteiger partial charge in [0.25, 0.3) is 0 Å². The molecule has 1 heterocycles. The minimum atomic E-state index is 0.291. The van der Waals surface area contributed by atoms with Crippen LogP contribution >= 0.6 is 9.24 Å². The highest BCUT2D eigenvalue weighted by Gasteiger charge is 2.09. The van der Waals surface area contributed by atoms with Crippen molar-refractivity contribution in [1.29, 1.82) is 0 Å². The first kappa shape index (κ1) is 21.6. The first-order valence-electron chi connectivity index (χ1n) is 10.0. The Kier molecular flexibility index (Phi) is 10.5. The zero-order valence-electron chi connectivity index (χ0n) is 16.3. The molecule has 5 nitrogen and oxygen atoms in total. The molecule has 1 aromatic rings. The molecular formula is C20H37N4OP. The van der Waals surface area contributed by atoms with Crippen molar-refractivity contribution in [1.82, 2.24) is 15.2 Å². The zero-order valence-corrected chi connectivity index (χ0v) is 17.5. The number of ether oxygens (including phenoxy) is 1. The van der Waals surface area contributed by atoms with Crippen molar-refractivity contribution in [2.45, 2.75) is 44.3 Å². The Morgan fingerprint density at radius 2 is 1.85 bits per heavy atom. The van der Waals surface area contributed by atoms with Gasteiger partial charge in [0.15, 0.2) is 0 Å². The fraction of sp³-hybridized carbons (Fsp3) is 0.700. The highest BCUT2D eigenvalue weighted by atomic mass is 31.0. The van der Waals surface area contributed by atoms with E-state index in [9.17, 15) is 0 Å². The molecule has 26 heavy (non-hydrogen) atoms. The molecule has 0 amide bonds. The molecule has 3 N–H and O–H groups in total. The standard InChI is InChI=1S/C20H37N4OP/c1-23(21)13-7-17-25-19-10-8-18(9-11-19)20(26)22-12-6-16-24-14-4-2-3-5-15-24/h8-11,20,22H,2-7,12-17,21,26H2,1H3. The van der Waals surface area contributed by atoms with Gasteiger partial charge in [0.2, 0.25) is 0 Å². The van der Waals surface area contributed by atoms with Gasteiger partial charge in [-0.05, 0) is 69.6 Å². The summed E-state index contributed by atoms with van der Waals surface area (Å²) in [5.41, 5.74) is 1.28. The number of nitrogens with one attached hydrogen (secondary N) is 1. The number of rotatable bonds is 11. The lowest BCUT2D eigenvalue weighted by Gasteiger charge is -2.20. The second kappa shape index (κ2) is 12.6. The maximum Gasteiger partial charge on any atom is 0.119 e. The van der Waals surface area contributed by atoms with Crippen LogP contribution in [0.2, 0.25) is 0 Å². The summed E-state index contributed by atoms with van der Waals surface area (Å²) in [6.07, 6.45) is 7.70. The van der Waals surface area contributed by atoms with Crippen molar-refractivity contribution in [2.24, 2.45) is 5.84 Å². The summed E-state index contributed by atoms with van der Waals surface area (Å²) in [5, 5.41) is 5.30. The highest BCUT2D eigenvalue weighted by Crippen LogP contribution is 2.22. The Hall–Kier alpha value is -0.710. The molecule has 2 unspecified atom stereocenters. The van der Waals surface area contributed by atoms with Gasteiger partial charge in [-0.2, -0.15) is 0 Å². The molecule has 1 saturated heterocycles. The number of benzene rings is 1. The van der Waals surface area contributed by atoms with E-state index >= 15 is 0 Å². The molecule has 0 saturated carbocycles. The van der Waals surface area contributed by atoms with Gasteiger partial charge < -0.3 is 15.0 Å². The van der Waals surface area contributed by atoms with Crippen molar-refractivity contribution in [3.63, 3.8) is 0 Å². The fourth-order valence-corrected chi connectivity index (χ4v) is 3.70. The zero-order chi connectivity index (χ0) is 18.6. The number of nitrogens with zero attached hydrogens (tertiary/aromatic N) is 2. The summed E-state index contributed by atoms with van der Waals surface area (Å²) in [6.45, 7) is 6.37. The van der Waals surface area contributed by atoms with E-state index in [1.54, 1.807) is 5.01 Å². The summed E-state index contributed by atoms with van der Waals surface area (Å²) in [7, 11) is 4.78. The van der Waals surface area contributed by atoms with Gasteiger partial charge in [-0.3, -0.25) is 10.9 Å². The van der Waals surface area contributed by atoms with Crippen molar-refractivity contribution in [3.8, 4) is 5.75 Å². The lowest BCUT2D eigenvalue weighted by molar-refractivity contribution is 0.266. The van der Waals surface area contributed by atoms with Crippen molar-refractivity contribution < 1.29 is 4.74 Å². The van der Waals surface area contributed by atoms with Crippen LogP contribution in [-0.2, 0) is 0 Å². The Balaban J connectivity index is 1.61. The van der Waals surface area contributed by atoms with Crippen LogP contribution in [0.4, 0.5) is 0 Å². The Labute approximate surface area is 161 Å². The summed E-state index contributed by atoms with van der Waals surface area (Å²) in [6, 6.07) is 8.39. The molecular weight excluding hydrogens is 343 g/mol. The van der Waals surface area contributed by atoms with Crippen LogP contribution in [0.5, 0.6) is 5.75 Å². The Morgan fingerprint density at radius 1 is 1.15 bits per heavy atom. The van der Waals surface area contributed by atoms with E-state index in [1.165, 1.54) is 57.3 Å². The van der Waals surface area contributed by atoms with Crippen LogP contribution in [0.1, 0.15) is 49.9 Å². The number of likely N-dealkylation sites (tertiary alicyclic amines) is 1. The number of hydrogen-bond donors (Lipinski definition) is 2. The topological polar surface area (TPSA) is 53.8 Å². The van der Waals surface area contributed by atoms with E-state index in [0.29, 0.717) is 12.4 Å². The minimum Gasteiger partial charge on any atom is -0.494 e. The van der Waals surface area contributed by atoms with Crippen LogP contribution in [0.3, 0.4) is 0 Å². The fourth-order valence-electron chi connectivity index (χ4n) is 3.31. The van der Waals surface area contributed by atoms with Gasteiger partial charge in [-0.1, -0.05) is 25.0 Å². The molecule has 1 fully saturated rings. The summed E-state index contributed by atoms with van der Waals surface area (Å²) in [5.74, 6) is 6.80. The molecule has 0 aliphatic carbocycles. The third-order valence-corrected chi connectivity index (χ3v) is 5.50. The van der Waals surface area contributed by atoms with Crippen molar-refractivity contribution in [3.05, 3.63) is 29.8 Å². The van der Waals surface area contributed by atoms with E-state index in [2.05, 4.69) is 43.7 Å². The summed E-state index contributed by atoms with van der Waals surface area (Å²) in [4.78, 5) is 2.63. The van der Waals surface area contributed by atoms with Gasteiger partial charge in [0.1, 0.15) is 5.75 Å². The van der Waals surface area contributed by atoms with Crippen LogP contribution in [0.25, 0.3) is 0 Å². The molecule has 1 aromatic carbocycles. The quantitative estimate of drug-likeness (QED) is 0.268. The average Bonchev–Trinajstić information content (AvgIpc) is 2.91. The minimum absolute atomic E-state index is 0.291. The van der Waals surface area contributed by atoms with Crippen LogP contribution < -0.4 is 15.9 Å². The van der Waals surface area contributed by atoms with Crippen LogP contribution in [0.15, 0.2) is 24.3 Å². The van der Waals surface area contributed by atoms with Crippen molar-refractivity contribution >= 4 is 9.24 Å². The SMILES string of the molecule is CN(N)CCCOc1ccc(C(P)NCCCN2CCCCCC2)cc1. The molecule has 0 aromatic heterocycles. The molecule has 0 bridgehead atoms. The molecule has 2 atom stereocenters. The normalized spacial score (nSPS) is 17.2. The van der Waals surface area contributed by atoms with Gasteiger partial charge in [-0.25, -0.2) is 0 Å². The smallest absolute Gasteiger partial charge is 0.119 e. The van der Waals surface area contributed by atoms with Gasteiger partial charge in [0, 0.05) is 19.4 Å². The first-order chi connectivity index (χ1) is 12.6. The van der Waals surface area contributed by atoms with E-state index < -0.39 is 0 Å². The Bertz CT molecular complexity index is 475. The van der Waals surface area contributed by atoms with E-state index in [1.807, 2.05) is 7.05 Å². The molecule has 0 spiro atoms. The summed E-state index contributed by atoms with van der Waals surface area (Å²) >= 11 is 0. The maximum absolute atomic E-state index is 5.75. The predicted octanol–water partition coefficient (Wildman–Crippen LogP) is 2.99. The third-order valence-electron chi connectivity index (χ3n) is 4.88. The monoisotopic (exact) mass is 380 g/mol. The van der Waals surface area contributed by atoms with Gasteiger partial charge in [0.05, 0.1) is 6.61 Å². The van der Waals surface area contributed by atoms with Gasteiger partial charge >= 0.3 is 0 Å². The second-order valence-corrected chi connectivity index (χ2v) is 7.96. The average molecular weight is 381 g/mol. The lowest BCUT2D eigenvalue weighted by Crippen LogP contribution is -2.28. The van der Waals surface area contributed by atoms with Gasteiger partial charge in [-0.15, -0.1) is 9.24 Å². The highest BCUT2D eigenvalue weighted by molar-refractivity contribution is 7.17. The Morgan fingerprint density at radius 3 is 2.50 bits per heavy atom. The molecule has 0 radical (unpaired) electrons. The van der Waals surface area contributed by atoms with Crippen molar-refractivity contribution in [2.75, 3.05) is 46.4 Å². The third kappa shape index (κ3) is 8.79. The van der Waals surface area contributed by atoms with Crippen LogP contribution in [0, 0.1) is 0 Å². The largest absolute Gasteiger partial charge is 0.494 e. The maximum atomic E-state index is 5.75. The van der Waals surface area contributed by atoms with Crippen LogP contribution in [-0.4, -0.2) is 56.3 Å². The van der Waals surface area contributed by atoms with E-state index in [0.717, 1.165) is 25.3 Å². The lowest BCUT2D eigenvalue weighted by atomic mass is 10.2. The molecule has 1 aliphatic rings. The molecule has 6 heteroatoms. The predicted molar refractivity (Wildman–Crippen MR) is 113 cm³/mol. The second-order valence-electron chi connectivity index (χ2n) is 7.29. The van der Waals surface area contributed by atoms with E-state index in [4.69, 9.17) is 10.6 Å². The van der Waals surface area contributed by atoms with E-state index in [-0.39, 0.29) is 0 Å². The molecule has 148 valence electrons. The number of hydrazine groups is 1. The molecule has 1 aliphatic heterocycles. The first-order valence-corrected chi connectivity index (χ1v) is 10.7. The molecule has 2 rings (SSSR count). The number of nitrogens with two attached hydrogens (primary N) is 1.